The molecular weight excluding hydrogens is 365 g/mol. The minimum atomic E-state index is -1.26. The maximum atomic E-state index is 15.1. The summed E-state index contributed by atoms with van der Waals surface area (Å²) in [5, 5.41) is 4.56. The van der Waals surface area contributed by atoms with Crippen molar-refractivity contribution in [2.75, 3.05) is 0 Å². The first-order valence-electron chi connectivity index (χ1n) is 9.02. The number of benzene rings is 1. The van der Waals surface area contributed by atoms with Crippen LogP contribution in [0.1, 0.15) is 17.8 Å². The third kappa shape index (κ3) is 2.42. The molecule has 4 heterocycles. The Morgan fingerprint density at radius 1 is 0.964 bits per heavy atom. The molecule has 0 radical (unpaired) electrons. The van der Waals surface area contributed by atoms with E-state index in [2.05, 4.69) is 15.1 Å². The molecule has 1 aliphatic rings. The SMILES string of the molecule is Cc1cccc(-c2nn3c(c2-c2c(F)c(F)nc4cccc(F)c24)CCC3)n1. The molecule has 0 saturated heterocycles. The third-order valence-corrected chi connectivity index (χ3v) is 5.08. The predicted octanol–water partition coefficient (Wildman–Crippen LogP) is 4.83. The van der Waals surface area contributed by atoms with Crippen LogP contribution in [0.4, 0.5) is 13.2 Å². The summed E-state index contributed by atoms with van der Waals surface area (Å²) in [6.07, 6.45) is 1.49. The summed E-state index contributed by atoms with van der Waals surface area (Å²) in [6.45, 7) is 2.51. The Labute approximate surface area is 158 Å². The van der Waals surface area contributed by atoms with Crippen molar-refractivity contribution in [2.45, 2.75) is 26.3 Å². The lowest BCUT2D eigenvalue weighted by atomic mass is 9.95. The van der Waals surface area contributed by atoms with Crippen molar-refractivity contribution < 1.29 is 13.2 Å². The van der Waals surface area contributed by atoms with Gasteiger partial charge < -0.3 is 0 Å². The Kier molecular flexibility index (Phi) is 3.72. The van der Waals surface area contributed by atoms with Crippen LogP contribution >= 0.6 is 0 Å². The summed E-state index contributed by atoms with van der Waals surface area (Å²) in [5.41, 5.74) is 2.81. The molecule has 0 amide bonds. The van der Waals surface area contributed by atoms with Gasteiger partial charge in [0.05, 0.1) is 11.2 Å². The van der Waals surface area contributed by atoms with Gasteiger partial charge in [-0.1, -0.05) is 12.1 Å². The van der Waals surface area contributed by atoms with E-state index in [1.54, 1.807) is 10.7 Å². The first-order valence-corrected chi connectivity index (χ1v) is 9.02. The summed E-state index contributed by atoms with van der Waals surface area (Å²) in [5.74, 6) is -3.08. The lowest BCUT2D eigenvalue weighted by Gasteiger charge is -2.11. The van der Waals surface area contributed by atoms with E-state index in [1.165, 1.54) is 18.2 Å². The summed E-state index contributed by atoms with van der Waals surface area (Å²) in [6, 6.07) is 9.56. The fraction of sp³-hybridized carbons (Fsp3) is 0.190. The highest BCUT2D eigenvalue weighted by atomic mass is 19.2. The topological polar surface area (TPSA) is 43.6 Å². The molecule has 0 saturated carbocycles. The summed E-state index contributed by atoms with van der Waals surface area (Å²) < 4.78 is 45.9. The van der Waals surface area contributed by atoms with Gasteiger partial charge in [-0.15, -0.1) is 0 Å². The van der Waals surface area contributed by atoms with Gasteiger partial charge in [-0.25, -0.2) is 13.8 Å². The van der Waals surface area contributed by atoms with Crippen LogP contribution in [0.3, 0.4) is 0 Å². The smallest absolute Gasteiger partial charge is 0.250 e. The fourth-order valence-corrected chi connectivity index (χ4v) is 3.90. The molecule has 0 atom stereocenters. The molecule has 7 heteroatoms. The van der Waals surface area contributed by atoms with Crippen LogP contribution in [0.15, 0.2) is 36.4 Å². The molecule has 5 rings (SSSR count). The molecule has 0 aliphatic carbocycles. The number of aromatic nitrogens is 4. The normalized spacial score (nSPS) is 13.3. The van der Waals surface area contributed by atoms with Crippen LogP contribution < -0.4 is 0 Å². The average molecular weight is 380 g/mol. The molecule has 0 fully saturated rings. The number of aryl methyl sites for hydroxylation is 2. The van der Waals surface area contributed by atoms with Gasteiger partial charge in [0.2, 0.25) is 5.95 Å². The monoisotopic (exact) mass is 380 g/mol. The highest BCUT2D eigenvalue weighted by Gasteiger charge is 2.30. The van der Waals surface area contributed by atoms with E-state index in [-0.39, 0.29) is 16.5 Å². The van der Waals surface area contributed by atoms with E-state index in [1.807, 2.05) is 19.1 Å². The van der Waals surface area contributed by atoms with Gasteiger partial charge >= 0.3 is 0 Å². The van der Waals surface area contributed by atoms with Crippen molar-refractivity contribution in [3.63, 3.8) is 0 Å². The predicted molar refractivity (Wildman–Crippen MR) is 99.1 cm³/mol. The second kappa shape index (κ2) is 6.15. The highest BCUT2D eigenvalue weighted by Crippen LogP contribution is 2.42. The van der Waals surface area contributed by atoms with Crippen LogP contribution in [-0.2, 0) is 13.0 Å². The second-order valence-electron chi connectivity index (χ2n) is 6.89. The maximum absolute atomic E-state index is 15.1. The van der Waals surface area contributed by atoms with Gasteiger partial charge in [0, 0.05) is 34.4 Å². The lowest BCUT2D eigenvalue weighted by molar-refractivity contribution is 0.485. The zero-order valence-electron chi connectivity index (χ0n) is 15.0. The molecule has 0 bridgehead atoms. The molecule has 1 aliphatic heterocycles. The number of nitrogens with zero attached hydrogens (tertiary/aromatic N) is 4. The highest BCUT2D eigenvalue weighted by molar-refractivity contribution is 5.99. The Balaban J connectivity index is 1.93. The number of hydrogen-bond acceptors (Lipinski definition) is 3. The first kappa shape index (κ1) is 16.9. The quantitative estimate of drug-likeness (QED) is 0.468. The molecular formula is C21H15F3N4. The number of halogens is 3. The molecule has 4 aromatic rings. The van der Waals surface area contributed by atoms with Crippen molar-refractivity contribution in [3.8, 4) is 22.5 Å². The number of rotatable bonds is 2. The molecule has 1 aromatic carbocycles. The molecule has 28 heavy (non-hydrogen) atoms. The minimum Gasteiger partial charge on any atom is -0.268 e. The van der Waals surface area contributed by atoms with E-state index < -0.39 is 17.6 Å². The van der Waals surface area contributed by atoms with Crippen molar-refractivity contribution in [1.82, 2.24) is 19.7 Å². The molecule has 0 unspecified atom stereocenters. The van der Waals surface area contributed by atoms with E-state index >= 15 is 4.39 Å². The zero-order chi connectivity index (χ0) is 19.4. The van der Waals surface area contributed by atoms with Crippen LogP contribution in [0.2, 0.25) is 0 Å². The first-order chi connectivity index (χ1) is 13.5. The van der Waals surface area contributed by atoms with Gasteiger partial charge in [-0.05, 0) is 44.0 Å². The Hall–Kier alpha value is -3.22. The van der Waals surface area contributed by atoms with Crippen molar-refractivity contribution in [2.24, 2.45) is 0 Å². The molecule has 4 nitrogen and oxygen atoms in total. The van der Waals surface area contributed by atoms with Crippen molar-refractivity contribution in [3.05, 3.63) is 65.4 Å². The van der Waals surface area contributed by atoms with Gasteiger partial charge in [0.15, 0.2) is 5.82 Å². The average Bonchev–Trinajstić information content (AvgIpc) is 3.25. The van der Waals surface area contributed by atoms with Gasteiger partial charge in [0.1, 0.15) is 11.5 Å². The Bertz CT molecular complexity index is 1250. The van der Waals surface area contributed by atoms with Crippen LogP contribution in [0, 0.1) is 24.5 Å². The summed E-state index contributed by atoms with van der Waals surface area (Å²) in [7, 11) is 0. The van der Waals surface area contributed by atoms with Crippen LogP contribution in [0.25, 0.3) is 33.4 Å². The Morgan fingerprint density at radius 3 is 2.61 bits per heavy atom. The molecule has 140 valence electrons. The zero-order valence-corrected chi connectivity index (χ0v) is 15.0. The van der Waals surface area contributed by atoms with Crippen LogP contribution in [-0.4, -0.2) is 19.7 Å². The van der Waals surface area contributed by atoms with E-state index in [0.717, 1.165) is 17.8 Å². The van der Waals surface area contributed by atoms with E-state index in [9.17, 15) is 8.78 Å². The third-order valence-electron chi connectivity index (χ3n) is 5.08. The summed E-state index contributed by atoms with van der Waals surface area (Å²) in [4.78, 5) is 8.09. The standard InChI is InChI=1S/C21H15F3N4/c1-11-5-2-8-14(25-11)20-17(15-9-4-10-28(15)27-20)18-16-12(22)6-3-7-13(16)26-21(24)19(18)23/h2-3,5-8H,4,9-10H2,1H3. The molecule has 0 spiro atoms. The van der Waals surface area contributed by atoms with E-state index in [0.29, 0.717) is 29.9 Å². The lowest BCUT2D eigenvalue weighted by Crippen LogP contribution is -2.00. The number of pyridine rings is 2. The van der Waals surface area contributed by atoms with Crippen LogP contribution in [0.5, 0.6) is 0 Å². The van der Waals surface area contributed by atoms with Gasteiger partial charge in [0.25, 0.3) is 0 Å². The minimum absolute atomic E-state index is 0.0435. The van der Waals surface area contributed by atoms with Gasteiger partial charge in [-0.2, -0.15) is 9.49 Å². The number of hydrogen-bond donors (Lipinski definition) is 0. The molecule has 0 N–H and O–H groups in total. The van der Waals surface area contributed by atoms with Crippen molar-refractivity contribution in [1.29, 1.82) is 0 Å². The Morgan fingerprint density at radius 2 is 1.79 bits per heavy atom. The second-order valence-corrected chi connectivity index (χ2v) is 6.89. The molecule has 3 aromatic heterocycles. The number of fused-ring (bicyclic) bond motifs is 2. The van der Waals surface area contributed by atoms with Crippen molar-refractivity contribution >= 4 is 10.9 Å². The maximum Gasteiger partial charge on any atom is 0.250 e. The largest absolute Gasteiger partial charge is 0.268 e. The summed E-state index contributed by atoms with van der Waals surface area (Å²) >= 11 is 0. The fourth-order valence-electron chi connectivity index (χ4n) is 3.90. The van der Waals surface area contributed by atoms with E-state index in [4.69, 9.17) is 0 Å². The van der Waals surface area contributed by atoms with Gasteiger partial charge in [-0.3, -0.25) is 9.67 Å².